The SMILES string of the molecule is N#Cc1ccc(NC(=O)[C@H](O)[C@H]2OCCN(c3ccc4c(c3)CC(=O)N4)C2=O)cc1. The highest BCUT2D eigenvalue weighted by Gasteiger charge is 2.39. The second-order valence-corrected chi connectivity index (χ2v) is 6.97. The molecule has 2 atom stereocenters. The lowest BCUT2D eigenvalue weighted by Gasteiger charge is -2.34. The molecule has 30 heavy (non-hydrogen) atoms. The predicted molar refractivity (Wildman–Crippen MR) is 107 cm³/mol. The van der Waals surface area contributed by atoms with E-state index < -0.39 is 24.0 Å². The number of ether oxygens (including phenoxy) is 1. The number of rotatable bonds is 4. The highest BCUT2D eigenvalue weighted by molar-refractivity contribution is 6.05. The Kier molecular flexibility index (Phi) is 5.18. The number of morpholine rings is 1. The standard InChI is InChI=1S/C21H18N4O5/c22-11-12-1-3-14(4-2-12)23-20(28)18(27)19-21(29)25(7-8-30-19)15-5-6-16-13(9-15)10-17(26)24-16/h1-6,9,18-19,27H,7-8,10H2,(H,23,28)(H,24,26)/t18-,19-/m1/s1. The number of carbonyl (C=O) groups is 3. The quantitative estimate of drug-likeness (QED) is 0.688. The smallest absolute Gasteiger partial charge is 0.259 e. The zero-order valence-electron chi connectivity index (χ0n) is 15.8. The molecule has 0 bridgehead atoms. The van der Waals surface area contributed by atoms with Crippen molar-refractivity contribution in [2.24, 2.45) is 0 Å². The van der Waals surface area contributed by atoms with Crippen molar-refractivity contribution in [2.45, 2.75) is 18.6 Å². The molecule has 0 aliphatic carbocycles. The lowest BCUT2D eigenvalue weighted by molar-refractivity contribution is -0.150. The average molecular weight is 406 g/mol. The lowest BCUT2D eigenvalue weighted by Crippen LogP contribution is -2.55. The maximum atomic E-state index is 12.9. The molecule has 0 unspecified atom stereocenters. The third-order valence-electron chi connectivity index (χ3n) is 4.98. The number of aliphatic hydroxyl groups is 1. The fourth-order valence-electron chi connectivity index (χ4n) is 3.45. The number of nitriles is 1. The van der Waals surface area contributed by atoms with Gasteiger partial charge < -0.3 is 25.4 Å². The first-order valence-corrected chi connectivity index (χ1v) is 9.31. The first-order valence-electron chi connectivity index (χ1n) is 9.31. The summed E-state index contributed by atoms with van der Waals surface area (Å²) in [4.78, 5) is 38.3. The van der Waals surface area contributed by atoms with Crippen LogP contribution >= 0.6 is 0 Å². The average Bonchev–Trinajstić information content (AvgIpc) is 3.13. The summed E-state index contributed by atoms with van der Waals surface area (Å²) in [6.07, 6.45) is -2.83. The number of benzene rings is 2. The third-order valence-corrected chi connectivity index (χ3v) is 4.98. The number of nitrogens with zero attached hydrogens (tertiary/aromatic N) is 2. The van der Waals surface area contributed by atoms with Crippen LogP contribution in [-0.2, 0) is 25.5 Å². The van der Waals surface area contributed by atoms with E-state index in [0.717, 1.165) is 5.56 Å². The topological polar surface area (TPSA) is 132 Å². The molecule has 0 saturated carbocycles. The molecule has 152 valence electrons. The minimum absolute atomic E-state index is 0.108. The minimum Gasteiger partial charge on any atom is -0.380 e. The maximum absolute atomic E-state index is 12.9. The summed E-state index contributed by atoms with van der Waals surface area (Å²) in [5.41, 5.74) is 2.88. The Morgan fingerprint density at radius 2 is 2.03 bits per heavy atom. The number of carbonyl (C=O) groups excluding carboxylic acids is 3. The normalized spacial score (nSPS) is 18.9. The predicted octanol–water partition coefficient (Wildman–Crippen LogP) is 0.784. The molecule has 1 saturated heterocycles. The van der Waals surface area contributed by atoms with Gasteiger partial charge in [0.25, 0.3) is 11.8 Å². The lowest BCUT2D eigenvalue weighted by atomic mass is 10.1. The van der Waals surface area contributed by atoms with Crippen molar-refractivity contribution in [1.82, 2.24) is 0 Å². The van der Waals surface area contributed by atoms with E-state index in [4.69, 9.17) is 10.00 Å². The van der Waals surface area contributed by atoms with Crippen molar-refractivity contribution in [3.8, 4) is 6.07 Å². The Morgan fingerprint density at radius 3 is 2.77 bits per heavy atom. The second-order valence-electron chi connectivity index (χ2n) is 6.97. The molecule has 9 heteroatoms. The second kappa shape index (κ2) is 7.94. The van der Waals surface area contributed by atoms with Gasteiger partial charge in [0.2, 0.25) is 5.91 Å². The number of fused-ring (bicyclic) bond motifs is 1. The van der Waals surface area contributed by atoms with Crippen LogP contribution in [0.2, 0.25) is 0 Å². The van der Waals surface area contributed by atoms with E-state index in [-0.39, 0.29) is 25.5 Å². The van der Waals surface area contributed by atoms with Crippen LogP contribution in [0.25, 0.3) is 0 Å². The maximum Gasteiger partial charge on any atom is 0.259 e. The fourth-order valence-corrected chi connectivity index (χ4v) is 3.45. The van der Waals surface area contributed by atoms with E-state index in [1.807, 2.05) is 6.07 Å². The van der Waals surface area contributed by atoms with Crippen molar-refractivity contribution in [3.05, 3.63) is 53.6 Å². The van der Waals surface area contributed by atoms with Gasteiger partial charge in [0, 0.05) is 23.6 Å². The molecule has 2 heterocycles. The molecular weight excluding hydrogens is 388 g/mol. The number of nitrogens with one attached hydrogen (secondary N) is 2. The molecule has 2 aromatic carbocycles. The van der Waals surface area contributed by atoms with E-state index in [1.54, 1.807) is 18.2 Å². The van der Waals surface area contributed by atoms with E-state index >= 15 is 0 Å². The minimum atomic E-state index is -1.71. The van der Waals surface area contributed by atoms with Crippen LogP contribution in [0.3, 0.4) is 0 Å². The van der Waals surface area contributed by atoms with Gasteiger partial charge in [0.1, 0.15) is 0 Å². The molecule has 0 aromatic heterocycles. The van der Waals surface area contributed by atoms with E-state index in [9.17, 15) is 19.5 Å². The molecular formula is C21H18N4O5. The molecule has 0 radical (unpaired) electrons. The number of aliphatic hydroxyl groups excluding tert-OH is 1. The Balaban J connectivity index is 1.47. The monoisotopic (exact) mass is 406 g/mol. The van der Waals surface area contributed by atoms with Crippen LogP contribution in [0, 0.1) is 11.3 Å². The number of hydrogen-bond acceptors (Lipinski definition) is 6. The molecule has 3 amide bonds. The van der Waals surface area contributed by atoms with Crippen molar-refractivity contribution < 1.29 is 24.2 Å². The van der Waals surface area contributed by atoms with Gasteiger partial charge in [-0.3, -0.25) is 14.4 Å². The van der Waals surface area contributed by atoms with Crippen LogP contribution in [0.4, 0.5) is 17.1 Å². The van der Waals surface area contributed by atoms with Crippen LogP contribution in [0.15, 0.2) is 42.5 Å². The molecule has 2 aromatic rings. The Bertz CT molecular complexity index is 1060. The summed E-state index contributed by atoms with van der Waals surface area (Å²) >= 11 is 0. The van der Waals surface area contributed by atoms with Gasteiger partial charge in [-0.1, -0.05) is 0 Å². The fraction of sp³-hybridized carbons (Fsp3) is 0.238. The number of hydrogen-bond donors (Lipinski definition) is 3. The first kappa shape index (κ1) is 19.6. The van der Waals surface area contributed by atoms with Gasteiger partial charge in [0.05, 0.1) is 24.7 Å². The van der Waals surface area contributed by atoms with Crippen LogP contribution in [-0.4, -0.2) is 48.2 Å². The van der Waals surface area contributed by atoms with Crippen molar-refractivity contribution >= 4 is 34.8 Å². The summed E-state index contributed by atoms with van der Waals surface area (Å²) in [5, 5.41) is 24.5. The van der Waals surface area contributed by atoms with Gasteiger partial charge in [-0.25, -0.2) is 0 Å². The largest absolute Gasteiger partial charge is 0.380 e. The Hall–Kier alpha value is -3.74. The highest BCUT2D eigenvalue weighted by atomic mass is 16.5. The molecule has 2 aliphatic heterocycles. The molecule has 0 spiro atoms. The van der Waals surface area contributed by atoms with Crippen LogP contribution in [0.5, 0.6) is 0 Å². The van der Waals surface area contributed by atoms with Gasteiger partial charge in [-0.05, 0) is 48.0 Å². The molecule has 4 rings (SSSR count). The van der Waals surface area contributed by atoms with Gasteiger partial charge >= 0.3 is 0 Å². The van der Waals surface area contributed by atoms with E-state index in [1.165, 1.54) is 29.2 Å². The van der Waals surface area contributed by atoms with E-state index in [0.29, 0.717) is 22.6 Å². The van der Waals surface area contributed by atoms with Gasteiger partial charge in [-0.15, -0.1) is 0 Å². The summed E-state index contributed by atoms with van der Waals surface area (Å²) in [6.45, 7) is 0.408. The third kappa shape index (κ3) is 3.74. The van der Waals surface area contributed by atoms with Crippen molar-refractivity contribution in [2.75, 3.05) is 28.7 Å². The molecule has 2 aliphatic rings. The summed E-state index contributed by atoms with van der Waals surface area (Å²) in [7, 11) is 0. The van der Waals surface area contributed by atoms with E-state index in [2.05, 4.69) is 10.6 Å². The number of anilines is 3. The number of amides is 3. The first-order chi connectivity index (χ1) is 14.5. The Labute approximate surface area is 171 Å². The summed E-state index contributed by atoms with van der Waals surface area (Å²) in [5.74, 6) is -1.44. The molecule has 1 fully saturated rings. The Morgan fingerprint density at radius 1 is 1.27 bits per heavy atom. The molecule has 9 nitrogen and oxygen atoms in total. The van der Waals surface area contributed by atoms with Gasteiger partial charge in [0.15, 0.2) is 12.2 Å². The van der Waals surface area contributed by atoms with Gasteiger partial charge in [-0.2, -0.15) is 5.26 Å². The summed E-state index contributed by atoms with van der Waals surface area (Å²) < 4.78 is 5.40. The zero-order valence-corrected chi connectivity index (χ0v) is 15.8. The van der Waals surface area contributed by atoms with Crippen molar-refractivity contribution in [1.29, 1.82) is 5.26 Å². The van der Waals surface area contributed by atoms with Crippen LogP contribution < -0.4 is 15.5 Å². The van der Waals surface area contributed by atoms with Crippen molar-refractivity contribution in [3.63, 3.8) is 0 Å². The highest BCUT2D eigenvalue weighted by Crippen LogP contribution is 2.29. The molecule has 3 N–H and O–H groups in total. The zero-order chi connectivity index (χ0) is 21.3. The summed E-state index contributed by atoms with van der Waals surface area (Å²) in [6, 6.07) is 13.3. The van der Waals surface area contributed by atoms with Crippen LogP contribution in [0.1, 0.15) is 11.1 Å².